The highest BCUT2D eigenvalue weighted by Crippen LogP contribution is 2.28. The van der Waals surface area contributed by atoms with Crippen LogP contribution in [0.15, 0.2) is 40.9 Å². The molecule has 19 heavy (non-hydrogen) atoms. The van der Waals surface area contributed by atoms with Crippen molar-refractivity contribution in [3.8, 4) is 0 Å². The maximum Gasteiger partial charge on any atom is 0.143 e. The van der Waals surface area contributed by atoms with Gasteiger partial charge >= 0.3 is 0 Å². The molecular weight excluding hydrogens is 429 g/mol. The van der Waals surface area contributed by atoms with Crippen LogP contribution in [0.5, 0.6) is 0 Å². The predicted molar refractivity (Wildman–Crippen MR) is 81.9 cm³/mol. The summed E-state index contributed by atoms with van der Waals surface area (Å²) in [7, 11) is 0. The number of hydrogen-bond acceptors (Lipinski definition) is 1. The molecule has 0 heterocycles. The molecule has 0 aliphatic carbocycles. The molecule has 0 aromatic heterocycles. The molecule has 0 fully saturated rings. The minimum absolute atomic E-state index is 0.100. The first-order chi connectivity index (χ1) is 9.00. The molecule has 2 aromatic carbocycles. The number of halogens is 4. The summed E-state index contributed by atoms with van der Waals surface area (Å²) in [6, 6.07) is 9.72. The summed E-state index contributed by atoms with van der Waals surface area (Å²) >= 11 is 5.10. The smallest absolute Gasteiger partial charge is 0.143 e. The van der Waals surface area contributed by atoms with E-state index in [1.807, 2.05) is 12.1 Å². The minimum Gasteiger partial charge on any atom is -0.388 e. The van der Waals surface area contributed by atoms with Gasteiger partial charge in [0.15, 0.2) is 0 Å². The molecule has 2 aromatic rings. The largest absolute Gasteiger partial charge is 0.388 e. The molecule has 0 aliphatic rings. The summed E-state index contributed by atoms with van der Waals surface area (Å²) in [5.41, 5.74) is 0.559. The van der Waals surface area contributed by atoms with Crippen LogP contribution < -0.4 is 0 Å². The molecule has 100 valence electrons. The average molecular weight is 439 g/mol. The van der Waals surface area contributed by atoms with Crippen LogP contribution in [0.1, 0.15) is 17.2 Å². The summed E-state index contributed by atoms with van der Waals surface area (Å²) in [6.45, 7) is 0. The van der Waals surface area contributed by atoms with Crippen LogP contribution in [0.3, 0.4) is 0 Å². The van der Waals surface area contributed by atoms with Crippen LogP contribution in [-0.2, 0) is 6.42 Å². The van der Waals surface area contributed by atoms with Crippen molar-refractivity contribution in [3.05, 3.63) is 67.2 Å². The summed E-state index contributed by atoms with van der Waals surface area (Å²) < 4.78 is 28.5. The highest BCUT2D eigenvalue weighted by Gasteiger charge is 2.18. The molecule has 5 heteroatoms. The Labute approximate surface area is 131 Å². The summed E-state index contributed by atoms with van der Waals surface area (Å²) in [5.74, 6) is -1.31. The molecule has 1 atom stereocenters. The number of aliphatic hydroxyl groups is 1. The third-order valence-corrected chi connectivity index (χ3v) is 4.40. The molecule has 0 spiro atoms. The van der Waals surface area contributed by atoms with Crippen molar-refractivity contribution >= 4 is 38.5 Å². The van der Waals surface area contributed by atoms with Gasteiger partial charge in [0, 0.05) is 15.6 Å². The fourth-order valence-electron chi connectivity index (χ4n) is 1.80. The Hall–Kier alpha value is -0.530. The zero-order valence-corrected chi connectivity index (χ0v) is 13.5. The van der Waals surface area contributed by atoms with E-state index in [0.29, 0.717) is 5.56 Å². The van der Waals surface area contributed by atoms with Crippen molar-refractivity contribution in [2.24, 2.45) is 0 Å². The zero-order chi connectivity index (χ0) is 14.0. The molecular formula is C14H10BrF2IO. The zero-order valence-electron chi connectivity index (χ0n) is 9.71. The molecule has 0 saturated carbocycles. The lowest BCUT2D eigenvalue weighted by Gasteiger charge is -2.14. The van der Waals surface area contributed by atoms with E-state index in [-0.39, 0.29) is 16.5 Å². The second kappa shape index (κ2) is 6.28. The van der Waals surface area contributed by atoms with Crippen LogP contribution >= 0.6 is 38.5 Å². The Morgan fingerprint density at radius 1 is 1.16 bits per heavy atom. The Bertz CT molecular complexity index is 604. The van der Waals surface area contributed by atoms with Crippen LogP contribution in [-0.4, -0.2) is 5.11 Å². The lowest BCUT2D eigenvalue weighted by molar-refractivity contribution is 0.174. The van der Waals surface area contributed by atoms with Gasteiger partial charge in [0.25, 0.3) is 0 Å². The monoisotopic (exact) mass is 438 g/mol. The topological polar surface area (TPSA) is 20.2 Å². The molecule has 0 aliphatic heterocycles. The summed E-state index contributed by atoms with van der Waals surface area (Å²) in [6.07, 6.45) is -1.04. The first-order valence-corrected chi connectivity index (χ1v) is 7.42. The fourth-order valence-corrected chi connectivity index (χ4v) is 2.92. The van der Waals surface area contributed by atoms with Crippen LogP contribution in [0.25, 0.3) is 0 Å². The van der Waals surface area contributed by atoms with Gasteiger partial charge in [-0.15, -0.1) is 0 Å². The maximum atomic E-state index is 13.8. The van der Waals surface area contributed by atoms with Gasteiger partial charge in [0.2, 0.25) is 0 Å². The molecule has 1 N–H and O–H groups in total. The van der Waals surface area contributed by atoms with E-state index in [1.165, 1.54) is 12.1 Å². The van der Waals surface area contributed by atoms with Crippen molar-refractivity contribution in [1.29, 1.82) is 0 Å². The van der Waals surface area contributed by atoms with Gasteiger partial charge < -0.3 is 5.11 Å². The molecule has 0 saturated heterocycles. The molecule has 0 bridgehead atoms. The molecule has 1 unspecified atom stereocenters. The van der Waals surface area contributed by atoms with Gasteiger partial charge in [0.1, 0.15) is 11.6 Å². The summed E-state index contributed by atoms with van der Waals surface area (Å²) in [4.78, 5) is 0. The van der Waals surface area contributed by atoms with E-state index in [2.05, 4.69) is 38.5 Å². The van der Waals surface area contributed by atoms with E-state index < -0.39 is 17.7 Å². The fraction of sp³-hybridized carbons (Fsp3) is 0.143. The number of hydrogen-bond donors (Lipinski definition) is 1. The van der Waals surface area contributed by atoms with E-state index in [1.54, 1.807) is 12.1 Å². The standard InChI is InChI=1S/C14H10BrF2IO/c15-10-5-6-11(16)9(14(10)17)7-13(19)8-3-1-2-4-12(8)18/h1-6,13,19H,7H2. The lowest BCUT2D eigenvalue weighted by Crippen LogP contribution is -2.07. The third kappa shape index (κ3) is 3.32. The maximum absolute atomic E-state index is 13.8. The molecule has 2 rings (SSSR count). The van der Waals surface area contributed by atoms with Crippen LogP contribution in [0, 0.1) is 15.2 Å². The van der Waals surface area contributed by atoms with Gasteiger partial charge in [-0.05, 0) is 62.3 Å². The number of aliphatic hydroxyl groups excluding tert-OH is 1. The Kier molecular flexibility index (Phi) is 4.92. The quantitative estimate of drug-likeness (QED) is 0.548. The van der Waals surface area contributed by atoms with Gasteiger partial charge in [-0.3, -0.25) is 0 Å². The lowest BCUT2D eigenvalue weighted by atomic mass is 10.0. The Morgan fingerprint density at radius 3 is 2.53 bits per heavy atom. The highest BCUT2D eigenvalue weighted by molar-refractivity contribution is 14.1. The van der Waals surface area contributed by atoms with E-state index in [9.17, 15) is 13.9 Å². The summed E-state index contributed by atoms with van der Waals surface area (Å²) in [5, 5.41) is 10.1. The van der Waals surface area contributed by atoms with E-state index in [0.717, 1.165) is 3.57 Å². The molecule has 0 amide bonds. The van der Waals surface area contributed by atoms with Crippen molar-refractivity contribution in [3.63, 3.8) is 0 Å². The Morgan fingerprint density at radius 2 is 1.84 bits per heavy atom. The Balaban J connectivity index is 2.32. The van der Waals surface area contributed by atoms with E-state index >= 15 is 0 Å². The third-order valence-electron chi connectivity index (χ3n) is 2.80. The SMILES string of the molecule is OC(Cc1c(F)ccc(Br)c1F)c1ccccc1I. The van der Waals surface area contributed by atoms with Crippen molar-refractivity contribution in [1.82, 2.24) is 0 Å². The molecule has 0 radical (unpaired) electrons. The van der Waals surface area contributed by atoms with Gasteiger partial charge in [-0.1, -0.05) is 18.2 Å². The first-order valence-electron chi connectivity index (χ1n) is 5.55. The first kappa shape index (κ1) is 14.9. The van der Waals surface area contributed by atoms with Gasteiger partial charge in [-0.2, -0.15) is 0 Å². The van der Waals surface area contributed by atoms with Crippen molar-refractivity contribution in [2.45, 2.75) is 12.5 Å². The van der Waals surface area contributed by atoms with Gasteiger partial charge in [0.05, 0.1) is 10.6 Å². The van der Waals surface area contributed by atoms with Crippen LogP contribution in [0.2, 0.25) is 0 Å². The molecule has 1 nitrogen and oxygen atoms in total. The average Bonchev–Trinajstić information content (AvgIpc) is 2.39. The number of benzene rings is 2. The minimum atomic E-state index is -0.939. The van der Waals surface area contributed by atoms with Gasteiger partial charge in [-0.25, -0.2) is 8.78 Å². The van der Waals surface area contributed by atoms with Crippen molar-refractivity contribution in [2.75, 3.05) is 0 Å². The van der Waals surface area contributed by atoms with Crippen LogP contribution in [0.4, 0.5) is 8.78 Å². The van der Waals surface area contributed by atoms with Crippen molar-refractivity contribution < 1.29 is 13.9 Å². The van der Waals surface area contributed by atoms with E-state index in [4.69, 9.17) is 0 Å². The predicted octanol–water partition coefficient (Wildman–Crippen LogP) is 4.61. The highest BCUT2D eigenvalue weighted by atomic mass is 127. The second-order valence-electron chi connectivity index (χ2n) is 4.06. The number of rotatable bonds is 3. The second-order valence-corrected chi connectivity index (χ2v) is 6.08. The normalized spacial score (nSPS) is 12.5.